The molecular weight excluding hydrogens is 302 g/mol. The Kier molecular flexibility index (Phi) is 4.42. The Labute approximate surface area is 133 Å². The van der Waals surface area contributed by atoms with Crippen molar-refractivity contribution in [1.29, 1.82) is 0 Å². The monoisotopic (exact) mass is 321 g/mol. The summed E-state index contributed by atoms with van der Waals surface area (Å²) in [6, 6.07) is 8.46. The van der Waals surface area contributed by atoms with Gasteiger partial charge in [0.2, 0.25) is 0 Å². The Morgan fingerprint density at radius 3 is 2.45 bits per heavy atom. The van der Waals surface area contributed by atoms with Crippen molar-refractivity contribution in [1.82, 2.24) is 0 Å². The van der Waals surface area contributed by atoms with Gasteiger partial charge in [0.05, 0.1) is 0 Å². The summed E-state index contributed by atoms with van der Waals surface area (Å²) in [5.41, 5.74) is -0.690. The van der Waals surface area contributed by atoms with Crippen LogP contribution in [0.4, 0.5) is 9.80 Å². The van der Waals surface area contributed by atoms with Crippen LogP contribution in [0.2, 0.25) is 0 Å². The predicted octanol–water partition coefficient (Wildman–Crippen LogP) is 4.12. The van der Waals surface area contributed by atoms with Crippen LogP contribution in [0.25, 0.3) is 10.1 Å². The lowest BCUT2D eigenvalue weighted by Crippen LogP contribution is -2.45. The van der Waals surface area contributed by atoms with Gasteiger partial charge < -0.3 is 9.84 Å². The van der Waals surface area contributed by atoms with E-state index in [4.69, 9.17) is 4.74 Å². The number of hydrogen-bond acceptors (Lipinski definition) is 4. The first kappa shape index (κ1) is 16.3. The molecule has 1 aromatic carbocycles. The van der Waals surface area contributed by atoms with Crippen molar-refractivity contribution in [3.8, 4) is 0 Å². The molecular formula is C16H19NO4S. The maximum absolute atomic E-state index is 12.4. The van der Waals surface area contributed by atoms with Crippen LogP contribution < -0.4 is 4.90 Å². The van der Waals surface area contributed by atoms with E-state index in [0.29, 0.717) is 5.00 Å². The molecule has 22 heavy (non-hydrogen) atoms. The lowest BCUT2D eigenvalue weighted by Gasteiger charge is -2.28. The van der Waals surface area contributed by atoms with Crippen molar-refractivity contribution in [2.24, 2.45) is 0 Å². The van der Waals surface area contributed by atoms with Crippen molar-refractivity contribution in [3.63, 3.8) is 0 Å². The third-order valence-electron chi connectivity index (χ3n) is 2.98. The summed E-state index contributed by atoms with van der Waals surface area (Å²) in [7, 11) is 0. The number of ether oxygens (including phenoxy) is 1. The van der Waals surface area contributed by atoms with Gasteiger partial charge in [-0.05, 0) is 45.2 Å². The second-order valence-corrected chi connectivity index (χ2v) is 7.05. The van der Waals surface area contributed by atoms with E-state index in [1.807, 2.05) is 30.3 Å². The number of amides is 1. The number of hydrogen-bond donors (Lipinski definition) is 1. The minimum absolute atomic E-state index is 0.561. The van der Waals surface area contributed by atoms with Crippen molar-refractivity contribution in [3.05, 3.63) is 30.3 Å². The van der Waals surface area contributed by atoms with E-state index in [1.165, 1.54) is 23.2 Å². The van der Waals surface area contributed by atoms with Crippen LogP contribution >= 0.6 is 11.3 Å². The molecule has 1 aromatic heterocycles. The Morgan fingerprint density at radius 2 is 1.91 bits per heavy atom. The molecule has 5 nitrogen and oxygen atoms in total. The number of rotatable bonds is 3. The lowest BCUT2D eigenvalue weighted by atomic mass is 10.2. The minimum Gasteiger partial charge on any atom is -0.480 e. The number of fused-ring (bicyclic) bond motifs is 1. The fraction of sp³-hybridized carbons (Fsp3) is 0.375. The second-order valence-electron chi connectivity index (χ2n) is 5.99. The molecule has 0 bridgehead atoms. The zero-order valence-corrected chi connectivity index (χ0v) is 13.8. The maximum atomic E-state index is 12.4. The van der Waals surface area contributed by atoms with Crippen LogP contribution in [-0.2, 0) is 9.53 Å². The van der Waals surface area contributed by atoms with Gasteiger partial charge in [-0.1, -0.05) is 18.2 Å². The van der Waals surface area contributed by atoms with E-state index in [1.54, 1.807) is 20.8 Å². The lowest BCUT2D eigenvalue weighted by molar-refractivity contribution is -0.138. The summed E-state index contributed by atoms with van der Waals surface area (Å²) in [6.07, 6.45) is -0.658. The largest absolute Gasteiger partial charge is 0.480 e. The molecule has 1 heterocycles. The zero-order chi connectivity index (χ0) is 16.5. The molecule has 0 aliphatic carbocycles. The van der Waals surface area contributed by atoms with Crippen molar-refractivity contribution < 1.29 is 19.4 Å². The van der Waals surface area contributed by atoms with Gasteiger partial charge in [0.1, 0.15) is 16.6 Å². The number of benzene rings is 1. The van der Waals surface area contributed by atoms with Gasteiger partial charge in [-0.15, -0.1) is 11.3 Å². The molecule has 1 N–H and O–H groups in total. The first-order valence-electron chi connectivity index (χ1n) is 6.92. The molecule has 118 valence electrons. The normalized spacial score (nSPS) is 12.9. The Balaban J connectivity index is 2.43. The number of thiophene rings is 1. The van der Waals surface area contributed by atoms with E-state index >= 15 is 0 Å². The maximum Gasteiger partial charge on any atom is 0.416 e. The third kappa shape index (κ3) is 3.57. The minimum atomic E-state index is -1.08. The van der Waals surface area contributed by atoms with Gasteiger partial charge in [0.15, 0.2) is 0 Å². The van der Waals surface area contributed by atoms with Crippen LogP contribution in [0, 0.1) is 0 Å². The van der Waals surface area contributed by atoms with Gasteiger partial charge in [0.25, 0.3) is 0 Å². The second kappa shape index (κ2) is 5.96. The van der Waals surface area contributed by atoms with E-state index in [0.717, 1.165) is 10.1 Å². The van der Waals surface area contributed by atoms with Crippen molar-refractivity contribution >= 4 is 38.5 Å². The summed E-state index contributed by atoms with van der Waals surface area (Å²) in [5, 5.41) is 10.8. The average Bonchev–Trinajstić information content (AvgIpc) is 2.79. The smallest absolute Gasteiger partial charge is 0.416 e. The number of aliphatic carboxylic acids is 1. The molecule has 0 saturated carbocycles. The standard InChI is InChI=1S/C16H19NO4S/c1-10(14(18)19)17(15(20)21-16(2,3)4)13-9-11-7-5-6-8-12(11)22-13/h5-10H,1-4H3,(H,18,19). The van der Waals surface area contributed by atoms with Gasteiger partial charge in [-0.3, -0.25) is 4.90 Å². The van der Waals surface area contributed by atoms with Crippen LogP contribution in [-0.4, -0.2) is 28.8 Å². The molecule has 0 aliphatic heterocycles. The van der Waals surface area contributed by atoms with Crippen molar-refractivity contribution in [2.75, 3.05) is 4.90 Å². The quantitative estimate of drug-likeness (QED) is 0.923. The van der Waals surface area contributed by atoms with Crippen LogP contribution in [0.3, 0.4) is 0 Å². The number of carbonyl (C=O) groups is 2. The van der Waals surface area contributed by atoms with E-state index < -0.39 is 23.7 Å². The SMILES string of the molecule is CC(C(=O)O)N(C(=O)OC(C)(C)C)c1cc2ccccc2s1. The zero-order valence-electron chi connectivity index (χ0n) is 13.0. The molecule has 1 amide bonds. The molecule has 0 radical (unpaired) electrons. The first-order chi connectivity index (χ1) is 10.2. The number of nitrogens with zero attached hydrogens (tertiary/aromatic N) is 1. The molecule has 6 heteroatoms. The molecule has 0 fully saturated rings. The number of carboxylic acid groups (broad SMARTS) is 1. The molecule has 0 spiro atoms. The Bertz CT molecular complexity index is 668. The molecule has 1 unspecified atom stereocenters. The molecule has 0 aliphatic rings. The highest BCUT2D eigenvalue weighted by Crippen LogP contribution is 2.34. The van der Waals surface area contributed by atoms with E-state index in [9.17, 15) is 14.7 Å². The topological polar surface area (TPSA) is 66.8 Å². The molecule has 1 atom stereocenters. The summed E-state index contributed by atoms with van der Waals surface area (Å²) < 4.78 is 6.34. The number of anilines is 1. The fourth-order valence-corrected chi connectivity index (χ4v) is 3.08. The number of carbonyl (C=O) groups excluding carboxylic acids is 1. The van der Waals surface area contributed by atoms with Gasteiger partial charge in [0, 0.05) is 4.70 Å². The summed E-state index contributed by atoms with van der Waals surface area (Å²) in [4.78, 5) is 25.0. The van der Waals surface area contributed by atoms with Gasteiger partial charge in [-0.25, -0.2) is 9.59 Å². The highest BCUT2D eigenvalue weighted by molar-refractivity contribution is 7.23. The van der Waals surface area contributed by atoms with Crippen LogP contribution in [0.5, 0.6) is 0 Å². The van der Waals surface area contributed by atoms with E-state index in [2.05, 4.69) is 0 Å². The van der Waals surface area contributed by atoms with Crippen molar-refractivity contribution in [2.45, 2.75) is 39.3 Å². The van der Waals surface area contributed by atoms with Gasteiger partial charge in [-0.2, -0.15) is 0 Å². The highest BCUT2D eigenvalue weighted by Gasteiger charge is 2.32. The predicted molar refractivity (Wildman–Crippen MR) is 87.6 cm³/mol. The Hall–Kier alpha value is -2.08. The third-order valence-corrected chi connectivity index (χ3v) is 4.10. The summed E-state index contributed by atoms with van der Waals surface area (Å²) >= 11 is 1.37. The molecule has 2 rings (SSSR count). The fourth-order valence-electron chi connectivity index (χ4n) is 1.95. The summed E-state index contributed by atoms with van der Waals surface area (Å²) in [5.74, 6) is -1.08. The highest BCUT2D eigenvalue weighted by atomic mass is 32.1. The Morgan fingerprint density at radius 1 is 1.27 bits per heavy atom. The van der Waals surface area contributed by atoms with Crippen LogP contribution in [0.1, 0.15) is 27.7 Å². The molecule has 0 saturated heterocycles. The van der Waals surface area contributed by atoms with Crippen LogP contribution in [0.15, 0.2) is 30.3 Å². The number of carboxylic acids is 1. The first-order valence-corrected chi connectivity index (χ1v) is 7.74. The van der Waals surface area contributed by atoms with Gasteiger partial charge >= 0.3 is 12.1 Å². The van der Waals surface area contributed by atoms with E-state index in [-0.39, 0.29) is 0 Å². The average molecular weight is 321 g/mol. The molecule has 2 aromatic rings. The summed E-state index contributed by atoms with van der Waals surface area (Å²) in [6.45, 7) is 6.72.